The van der Waals surface area contributed by atoms with Gasteiger partial charge in [0, 0.05) is 24.6 Å². The van der Waals surface area contributed by atoms with Crippen molar-refractivity contribution in [2.45, 2.75) is 0 Å². The molecular weight excluding hydrogens is 276 g/mol. The Bertz CT molecular complexity index is 578. The van der Waals surface area contributed by atoms with Crippen LogP contribution in [0.2, 0.25) is 0 Å². The zero-order chi connectivity index (χ0) is 11.9. The molecule has 0 spiro atoms. The lowest BCUT2D eigenvalue weighted by molar-refractivity contribution is -0.383. The fraction of sp³-hybridized carbons (Fsp3) is 0.222. The van der Waals surface area contributed by atoms with Gasteiger partial charge in [0.05, 0.1) is 10.4 Å². The molecule has 2 aromatic rings. The quantitative estimate of drug-likeness (QED) is 0.678. The third-order valence-corrected chi connectivity index (χ3v) is 2.79. The van der Waals surface area contributed by atoms with Gasteiger partial charge in [-0.2, -0.15) is 5.10 Å². The van der Waals surface area contributed by atoms with E-state index in [2.05, 4.69) is 26.3 Å². The van der Waals surface area contributed by atoms with Crippen LogP contribution >= 0.6 is 15.9 Å². The lowest BCUT2D eigenvalue weighted by atomic mass is 10.2. The molecule has 0 bridgehead atoms. The minimum absolute atomic E-state index is 0.0434. The van der Waals surface area contributed by atoms with Gasteiger partial charge < -0.3 is 5.32 Å². The lowest BCUT2D eigenvalue weighted by Gasteiger charge is -1.98. The van der Waals surface area contributed by atoms with E-state index in [0.717, 1.165) is 0 Å². The van der Waals surface area contributed by atoms with E-state index in [-0.39, 0.29) is 5.69 Å². The molecule has 16 heavy (non-hydrogen) atoms. The van der Waals surface area contributed by atoms with Gasteiger partial charge in [0.25, 0.3) is 5.69 Å². The number of hydrogen-bond donors (Lipinski definition) is 1. The standard InChI is InChI=1S/C9H9BrN4O2/c1-11-9-8-6(13(2)12-9)3-5(10)4-7(8)14(15)16/h3-4H,1-2H3,(H,11,12). The highest BCUT2D eigenvalue weighted by atomic mass is 79.9. The number of non-ortho nitro benzene ring substituents is 1. The summed E-state index contributed by atoms with van der Waals surface area (Å²) in [5, 5.41) is 18.5. The monoisotopic (exact) mass is 284 g/mol. The largest absolute Gasteiger partial charge is 0.371 e. The molecule has 0 saturated carbocycles. The Morgan fingerprint density at radius 2 is 2.25 bits per heavy atom. The van der Waals surface area contributed by atoms with Crippen LogP contribution in [-0.4, -0.2) is 21.8 Å². The molecular formula is C9H9BrN4O2. The summed E-state index contributed by atoms with van der Waals surface area (Å²) >= 11 is 3.25. The van der Waals surface area contributed by atoms with Crippen molar-refractivity contribution in [3.05, 3.63) is 26.7 Å². The van der Waals surface area contributed by atoms with Gasteiger partial charge >= 0.3 is 0 Å². The van der Waals surface area contributed by atoms with Gasteiger partial charge in [0.15, 0.2) is 5.82 Å². The van der Waals surface area contributed by atoms with Crippen molar-refractivity contribution in [3.63, 3.8) is 0 Å². The molecule has 84 valence electrons. The van der Waals surface area contributed by atoms with E-state index in [1.54, 1.807) is 24.8 Å². The summed E-state index contributed by atoms with van der Waals surface area (Å²) in [6, 6.07) is 3.28. The topological polar surface area (TPSA) is 73.0 Å². The molecule has 0 aliphatic carbocycles. The second kappa shape index (κ2) is 3.75. The van der Waals surface area contributed by atoms with Crippen LogP contribution in [0.25, 0.3) is 10.9 Å². The first-order valence-corrected chi connectivity index (χ1v) is 5.32. The van der Waals surface area contributed by atoms with Crippen molar-refractivity contribution in [3.8, 4) is 0 Å². The smallest absolute Gasteiger partial charge is 0.283 e. The first-order valence-electron chi connectivity index (χ1n) is 4.53. The molecule has 0 aliphatic rings. The van der Waals surface area contributed by atoms with Gasteiger partial charge in [0.1, 0.15) is 5.39 Å². The molecule has 0 fully saturated rings. The van der Waals surface area contributed by atoms with Crippen LogP contribution in [0.3, 0.4) is 0 Å². The summed E-state index contributed by atoms with van der Waals surface area (Å²) < 4.78 is 2.27. The second-order valence-electron chi connectivity index (χ2n) is 3.30. The van der Waals surface area contributed by atoms with Gasteiger partial charge in [-0.25, -0.2) is 0 Å². The third-order valence-electron chi connectivity index (χ3n) is 2.33. The summed E-state index contributed by atoms with van der Waals surface area (Å²) in [7, 11) is 3.44. The maximum Gasteiger partial charge on any atom is 0.283 e. The van der Waals surface area contributed by atoms with E-state index in [1.165, 1.54) is 6.07 Å². The fourth-order valence-corrected chi connectivity index (χ4v) is 2.08. The number of aryl methyl sites for hydroxylation is 1. The number of fused-ring (bicyclic) bond motifs is 1. The second-order valence-corrected chi connectivity index (χ2v) is 4.21. The molecule has 0 amide bonds. The van der Waals surface area contributed by atoms with E-state index in [0.29, 0.717) is 21.2 Å². The van der Waals surface area contributed by atoms with Crippen molar-refractivity contribution in [2.75, 3.05) is 12.4 Å². The first kappa shape index (κ1) is 10.9. The van der Waals surface area contributed by atoms with Crippen LogP contribution in [0.4, 0.5) is 11.5 Å². The third kappa shape index (κ3) is 1.53. The normalized spacial score (nSPS) is 10.7. The highest BCUT2D eigenvalue weighted by molar-refractivity contribution is 9.10. The lowest BCUT2D eigenvalue weighted by Crippen LogP contribution is -1.93. The zero-order valence-electron chi connectivity index (χ0n) is 8.69. The Kier molecular flexibility index (Phi) is 2.55. The van der Waals surface area contributed by atoms with E-state index in [4.69, 9.17) is 0 Å². The molecule has 0 unspecified atom stereocenters. The van der Waals surface area contributed by atoms with Crippen LogP contribution in [0.5, 0.6) is 0 Å². The van der Waals surface area contributed by atoms with E-state index in [1.807, 2.05) is 0 Å². The number of anilines is 1. The van der Waals surface area contributed by atoms with Gasteiger partial charge in [-0.15, -0.1) is 0 Å². The van der Waals surface area contributed by atoms with E-state index < -0.39 is 4.92 Å². The molecule has 0 saturated heterocycles. The molecule has 0 aliphatic heterocycles. The highest BCUT2D eigenvalue weighted by Crippen LogP contribution is 2.34. The van der Waals surface area contributed by atoms with Crippen molar-refractivity contribution >= 4 is 38.3 Å². The molecule has 1 aromatic carbocycles. The van der Waals surface area contributed by atoms with Gasteiger partial charge in [-0.1, -0.05) is 15.9 Å². The minimum atomic E-state index is -0.407. The van der Waals surface area contributed by atoms with Gasteiger partial charge in [-0.3, -0.25) is 14.8 Å². The predicted molar refractivity (Wildman–Crippen MR) is 64.6 cm³/mol. The van der Waals surface area contributed by atoms with Crippen LogP contribution in [0.1, 0.15) is 0 Å². The summed E-state index contributed by atoms with van der Waals surface area (Å²) in [5.41, 5.74) is 0.757. The fourth-order valence-electron chi connectivity index (χ4n) is 1.65. The number of nitro groups is 1. The van der Waals surface area contributed by atoms with Crippen LogP contribution in [-0.2, 0) is 7.05 Å². The van der Waals surface area contributed by atoms with Gasteiger partial charge in [-0.05, 0) is 6.07 Å². The number of hydrogen-bond acceptors (Lipinski definition) is 4. The van der Waals surface area contributed by atoms with Crippen molar-refractivity contribution < 1.29 is 4.92 Å². The van der Waals surface area contributed by atoms with Crippen LogP contribution in [0.15, 0.2) is 16.6 Å². The maximum absolute atomic E-state index is 11.0. The average molecular weight is 285 g/mol. The number of nitro benzene ring substituents is 1. The summed E-state index contributed by atoms with van der Waals surface area (Å²) in [6.45, 7) is 0. The summed E-state index contributed by atoms with van der Waals surface area (Å²) in [6.07, 6.45) is 0. The number of rotatable bonds is 2. The summed E-state index contributed by atoms with van der Waals surface area (Å²) in [4.78, 5) is 10.6. The van der Waals surface area contributed by atoms with Crippen LogP contribution < -0.4 is 5.32 Å². The number of halogens is 1. The zero-order valence-corrected chi connectivity index (χ0v) is 10.3. The predicted octanol–water partition coefficient (Wildman–Crippen LogP) is 2.29. The van der Waals surface area contributed by atoms with Crippen molar-refractivity contribution in [1.82, 2.24) is 9.78 Å². The van der Waals surface area contributed by atoms with Crippen molar-refractivity contribution in [2.24, 2.45) is 7.05 Å². The Morgan fingerprint density at radius 3 is 2.81 bits per heavy atom. The van der Waals surface area contributed by atoms with Crippen molar-refractivity contribution in [1.29, 1.82) is 0 Å². The molecule has 1 aromatic heterocycles. The number of aromatic nitrogens is 2. The van der Waals surface area contributed by atoms with E-state index >= 15 is 0 Å². The molecule has 1 heterocycles. The molecule has 7 heteroatoms. The number of nitrogens with zero attached hydrogens (tertiary/aromatic N) is 3. The number of benzene rings is 1. The number of nitrogens with one attached hydrogen (secondary N) is 1. The highest BCUT2D eigenvalue weighted by Gasteiger charge is 2.20. The Morgan fingerprint density at radius 1 is 1.56 bits per heavy atom. The Hall–Kier alpha value is -1.63. The average Bonchev–Trinajstić information content (AvgIpc) is 2.54. The van der Waals surface area contributed by atoms with E-state index in [9.17, 15) is 10.1 Å². The minimum Gasteiger partial charge on any atom is -0.371 e. The Balaban J connectivity index is 2.92. The Labute approximate surface area is 99.5 Å². The molecule has 1 N–H and O–H groups in total. The molecule has 6 nitrogen and oxygen atoms in total. The maximum atomic E-state index is 11.0. The SMILES string of the molecule is CNc1nn(C)c2cc(Br)cc([N+](=O)[O-])c12. The summed E-state index contributed by atoms with van der Waals surface area (Å²) in [5.74, 6) is 0.511. The van der Waals surface area contributed by atoms with Crippen LogP contribution in [0, 0.1) is 10.1 Å². The first-order chi connectivity index (χ1) is 7.54. The molecule has 0 radical (unpaired) electrons. The molecule has 0 atom stereocenters. The molecule has 2 rings (SSSR count). The van der Waals surface area contributed by atoms with Gasteiger partial charge in [0.2, 0.25) is 0 Å².